The van der Waals surface area contributed by atoms with Gasteiger partial charge in [0.15, 0.2) is 5.69 Å². The summed E-state index contributed by atoms with van der Waals surface area (Å²) in [6.45, 7) is 1.43. The maximum Gasteiger partial charge on any atom is 0.328 e. The van der Waals surface area contributed by atoms with Gasteiger partial charge in [-0.25, -0.2) is 9.78 Å². The predicted octanol–water partition coefficient (Wildman–Crippen LogP) is 3.09. The zero-order valence-electron chi connectivity index (χ0n) is 12.3. The normalized spacial score (nSPS) is 12.7. The van der Waals surface area contributed by atoms with Gasteiger partial charge in [-0.3, -0.25) is 4.99 Å². The molecule has 0 aliphatic carbocycles. The fourth-order valence-electron chi connectivity index (χ4n) is 2.10. The van der Waals surface area contributed by atoms with Gasteiger partial charge in [-0.2, -0.15) is 0 Å². The third kappa shape index (κ3) is 3.06. The van der Waals surface area contributed by atoms with Crippen LogP contribution in [0.25, 0.3) is 22.2 Å². The minimum Gasteiger partial charge on any atom is -0.480 e. The van der Waals surface area contributed by atoms with Crippen molar-refractivity contribution in [3.05, 3.63) is 48.2 Å². The number of carbonyl (C=O) groups is 1. The van der Waals surface area contributed by atoms with E-state index in [1.165, 1.54) is 13.1 Å². The molecule has 0 fully saturated rings. The van der Waals surface area contributed by atoms with Crippen molar-refractivity contribution in [3.8, 4) is 17.4 Å². The Morgan fingerprint density at radius 2 is 2.00 bits per heavy atom. The number of aliphatic carboxylic acids is 1. The molecule has 6 nitrogen and oxygen atoms in total. The quantitative estimate of drug-likeness (QED) is 0.722. The molecule has 2 N–H and O–H groups in total. The van der Waals surface area contributed by atoms with E-state index in [1.54, 1.807) is 0 Å². The Bertz CT molecular complexity index is 898. The lowest BCUT2D eigenvalue weighted by Gasteiger charge is -1.99. The highest BCUT2D eigenvalue weighted by Crippen LogP contribution is 2.28. The van der Waals surface area contributed by atoms with Gasteiger partial charge in [-0.05, 0) is 29.8 Å². The highest BCUT2D eigenvalue weighted by atomic mass is 16.5. The summed E-state index contributed by atoms with van der Waals surface area (Å²) in [6.07, 6.45) is 1.20. The summed E-state index contributed by atoms with van der Waals surface area (Å²) in [5, 5.41) is 20.7. The van der Waals surface area contributed by atoms with E-state index >= 15 is 0 Å². The van der Waals surface area contributed by atoms with Crippen molar-refractivity contribution in [1.29, 1.82) is 0 Å². The van der Waals surface area contributed by atoms with Crippen LogP contribution in [0.3, 0.4) is 0 Å². The SMILES string of the molecule is C[C@@H](N=Cc1nc(-c2ccc3ccccc3c2)oc1O)C(=O)O. The summed E-state index contributed by atoms with van der Waals surface area (Å²) in [6, 6.07) is 12.6. The smallest absolute Gasteiger partial charge is 0.328 e. The first-order chi connectivity index (χ1) is 11.0. The van der Waals surface area contributed by atoms with Crippen LogP contribution >= 0.6 is 0 Å². The predicted molar refractivity (Wildman–Crippen MR) is 85.8 cm³/mol. The number of benzene rings is 2. The van der Waals surface area contributed by atoms with E-state index in [0.29, 0.717) is 5.56 Å². The molecule has 0 saturated heterocycles. The topological polar surface area (TPSA) is 95.9 Å². The van der Waals surface area contributed by atoms with E-state index in [4.69, 9.17) is 9.52 Å². The Labute approximate surface area is 131 Å². The summed E-state index contributed by atoms with van der Waals surface area (Å²) < 4.78 is 5.25. The van der Waals surface area contributed by atoms with Crippen molar-refractivity contribution in [2.45, 2.75) is 13.0 Å². The summed E-state index contributed by atoms with van der Waals surface area (Å²) >= 11 is 0. The third-order valence-electron chi connectivity index (χ3n) is 3.41. The van der Waals surface area contributed by atoms with Crippen LogP contribution in [0.2, 0.25) is 0 Å². The summed E-state index contributed by atoms with van der Waals surface area (Å²) in [7, 11) is 0. The number of aromatic hydroxyl groups is 1. The first-order valence-corrected chi connectivity index (χ1v) is 6.99. The second-order valence-electron chi connectivity index (χ2n) is 5.06. The standard InChI is InChI=1S/C17H14N2O4/c1-10(16(20)21)18-9-14-17(22)23-15(19-14)13-7-6-11-4-2-3-5-12(11)8-13/h2-10,22H,1H3,(H,20,21)/t10-/m1/s1. The summed E-state index contributed by atoms with van der Waals surface area (Å²) in [5.74, 6) is -1.20. The van der Waals surface area contributed by atoms with Crippen molar-refractivity contribution in [3.63, 3.8) is 0 Å². The second-order valence-corrected chi connectivity index (χ2v) is 5.06. The van der Waals surface area contributed by atoms with E-state index in [1.807, 2.05) is 42.5 Å². The van der Waals surface area contributed by atoms with Crippen molar-refractivity contribution in [1.82, 2.24) is 4.98 Å². The minimum absolute atomic E-state index is 0.0984. The van der Waals surface area contributed by atoms with Crippen molar-refractivity contribution in [2.24, 2.45) is 4.99 Å². The molecule has 23 heavy (non-hydrogen) atoms. The summed E-state index contributed by atoms with van der Waals surface area (Å²) in [5.41, 5.74) is 0.811. The molecule has 3 rings (SSSR count). The van der Waals surface area contributed by atoms with E-state index in [2.05, 4.69) is 9.98 Å². The highest BCUT2D eigenvalue weighted by molar-refractivity contribution is 5.87. The lowest BCUT2D eigenvalue weighted by Crippen LogP contribution is -2.13. The van der Waals surface area contributed by atoms with Gasteiger partial charge in [0.2, 0.25) is 5.89 Å². The van der Waals surface area contributed by atoms with Gasteiger partial charge < -0.3 is 14.6 Å². The number of carboxylic acids is 1. The van der Waals surface area contributed by atoms with E-state index in [-0.39, 0.29) is 11.6 Å². The highest BCUT2D eigenvalue weighted by Gasteiger charge is 2.14. The van der Waals surface area contributed by atoms with Crippen LogP contribution in [0, 0.1) is 0 Å². The Morgan fingerprint density at radius 3 is 2.74 bits per heavy atom. The average molecular weight is 310 g/mol. The maximum atomic E-state index is 10.7. The second kappa shape index (κ2) is 5.92. The first kappa shape index (κ1) is 14.8. The molecule has 0 spiro atoms. The fraction of sp³-hybridized carbons (Fsp3) is 0.118. The van der Waals surface area contributed by atoms with Gasteiger partial charge in [0.25, 0.3) is 0 Å². The third-order valence-corrected chi connectivity index (χ3v) is 3.41. The molecule has 116 valence electrons. The van der Waals surface area contributed by atoms with Crippen LogP contribution in [-0.4, -0.2) is 33.4 Å². The number of hydrogen-bond donors (Lipinski definition) is 2. The van der Waals surface area contributed by atoms with Gasteiger partial charge >= 0.3 is 11.9 Å². The molecule has 2 aromatic carbocycles. The van der Waals surface area contributed by atoms with E-state index in [0.717, 1.165) is 10.8 Å². The molecule has 6 heteroatoms. The molecule has 0 bridgehead atoms. The molecule has 0 aliphatic heterocycles. The molecule has 0 amide bonds. The zero-order chi connectivity index (χ0) is 16.4. The summed E-state index contributed by atoms with van der Waals surface area (Å²) in [4.78, 5) is 18.7. The van der Waals surface area contributed by atoms with Crippen molar-refractivity contribution < 1.29 is 19.4 Å². The molecule has 0 unspecified atom stereocenters. The van der Waals surface area contributed by atoms with Crippen molar-refractivity contribution >= 4 is 23.0 Å². The molecular weight excluding hydrogens is 296 g/mol. The minimum atomic E-state index is -1.06. The lowest BCUT2D eigenvalue weighted by atomic mass is 10.1. The monoisotopic (exact) mass is 310 g/mol. The molecule has 3 aromatic rings. The van der Waals surface area contributed by atoms with Gasteiger partial charge in [0.1, 0.15) is 6.04 Å². The number of aromatic nitrogens is 1. The van der Waals surface area contributed by atoms with Gasteiger partial charge in [0, 0.05) is 5.56 Å². The molecule has 1 heterocycles. The van der Waals surface area contributed by atoms with Gasteiger partial charge in [-0.15, -0.1) is 0 Å². The fourth-order valence-corrected chi connectivity index (χ4v) is 2.10. The molecule has 0 radical (unpaired) electrons. The van der Waals surface area contributed by atoms with Gasteiger partial charge in [-0.1, -0.05) is 30.3 Å². The zero-order valence-corrected chi connectivity index (χ0v) is 12.3. The molecule has 0 aliphatic rings. The van der Waals surface area contributed by atoms with Crippen LogP contribution in [0.4, 0.5) is 0 Å². The molecule has 0 saturated carbocycles. The number of aliphatic imine (C=N–C) groups is 1. The lowest BCUT2D eigenvalue weighted by molar-refractivity contribution is -0.137. The molecular formula is C17H14N2O4. The Balaban J connectivity index is 1.94. The van der Waals surface area contributed by atoms with Crippen LogP contribution in [-0.2, 0) is 4.79 Å². The van der Waals surface area contributed by atoms with Crippen LogP contribution < -0.4 is 0 Å². The van der Waals surface area contributed by atoms with Gasteiger partial charge in [0.05, 0.1) is 6.21 Å². The molecule has 1 atom stereocenters. The Morgan fingerprint density at radius 1 is 1.26 bits per heavy atom. The number of hydrogen-bond acceptors (Lipinski definition) is 5. The van der Waals surface area contributed by atoms with E-state index in [9.17, 15) is 9.90 Å². The van der Waals surface area contributed by atoms with Crippen LogP contribution in [0.1, 0.15) is 12.6 Å². The number of oxazole rings is 1. The van der Waals surface area contributed by atoms with E-state index < -0.39 is 18.0 Å². The first-order valence-electron chi connectivity index (χ1n) is 6.99. The maximum absolute atomic E-state index is 10.7. The number of nitrogens with zero attached hydrogens (tertiary/aromatic N) is 2. The van der Waals surface area contributed by atoms with Crippen LogP contribution in [0.15, 0.2) is 51.9 Å². The number of fused-ring (bicyclic) bond motifs is 1. The molecule has 1 aromatic heterocycles. The number of carboxylic acid groups (broad SMARTS) is 1. The number of rotatable bonds is 4. The average Bonchev–Trinajstić information content (AvgIpc) is 2.93. The van der Waals surface area contributed by atoms with Crippen LogP contribution in [0.5, 0.6) is 5.95 Å². The Hall–Kier alpha value is -3.15. The Kier molecular flexibility index (Phi) is 3.80. The van der Waals surface area contributed by atoms with Crippen molar-refractivity contribution in [2.75, 3.05) is 0 Å². The largest absolute Gasteiger partial charge is 0.480 e.